The molecule has 0 amide bonds. The number of carbonyl (C=O) groups is 7. The van der Waals surface area contributed by atoms with Crippen LogP contribution < -0.4 is 0 Å². The van der Waals surface area contributed by atoms with Crippen LogP contribution >= 0.6 is 0 Å². The van der Waals surface area contributed by atoms with E-state index in [-0.39, 0.29) is 45.6 Å². The topological polar surface area (TPSA) is 237 Å². The van der Waals surface area contributed by atoms with E-state index >= 15 is 14.4 Å². The van der Waals surface area contributed by atoms with Gasteiger partial charge in [0.1, 0.15) is 19.3 Å². The van der Waals surface area contributed by atoms with Crippen LogP contribution in [-0.4, -0.2) is 102 Å². The first-order valence-electron chi connectivity index (χ1n) is 27.4. The zero-order chi connectivity index (χ0) is 60.0. The minimum Gasteiger partial charge on any atom is -0.459 e. The largest absolute Gasteiger partial charge is 0.459 e. The lowest BCUT2D eigenvalue weighted by atomic mass is 9.66. The molecule has 2 fully saturated rings. The molecule has 1 N–H and O–H groups in total. The van der Waals surface area contributed by atoms with Crippen LogP contribution in [0.5, 0.6) is 0 Å². The summed E-state index contributed by atoms with van der Waals surface area (Å²) in [6, 6.07) is 63.0. The number of hydrogen-bond acceptors (Lipinski definition) is 17. The van der Waals surface area contributed by atoms with Gasteiger partial charge in [-0.3, -0.25) is 14.4 Å². The Hall–Kier alpha value is -10.1. The van der Waals surface area contributed by atoms with Crippen LogP contribution in [0, 0.1) is 29.1 Å². The third-order valence-electron chi connectivity index (χ3n) is 14.6. The van der Waals surface area contributed by atoms with Crippen molar-refractivity contribution in [2.24, 2.45) is 17.8 Å². The van der Waals surface area contributed by atoms with Gasteiger partial charge in [-0.2, -0.15) is 5.26 Å². The zero-order valence-electron chi connectivity index (χ0n) is 45.9. The number of hydrogen-bond donors (Lipinski definition) is 1. The van der Waals surface area contributed by atoms with Crippen molar-refractivity contribution in [1.29, 1.82) is 5.26 Å². The van der Waals surface area contributed by atoms with Gasteiger partial charge in [-0.15, -0.1) is 0 Å². The van der Waals surface area contributed by atoms with Crippen molar-refractivity contribution >= 4 is 41.2 Å². The lowest BCUT2D eigenvalue weighted by molar-refractivity contribution is -0.378. The molecule has 2 saturated heterocycles. The Kier molecular flexibility index (Phi) is 18.9. The predicted molar refractivity (Wildman–Crippen MR) is 307 cm³/mol. The van der Waals surface area contributed by atoms with E-state index < -0.39 is 115 Å². The van der Waals surface area contributed by atoms with E-state index in [1.54, 1.807) is 152 Å². The van der Waals surface area contributed by atoms with E-state index in [9.17, 15) is 29.5 Å². The third-order valence-corrected chi connectivity index (χ3v) is 14.6. The SMILES string of the molecule is N#Cc1ccc(CO[C@@H]2O[C@@](O)(CO[C@@H]3O[C@H](COC(=O)c4ccccc4)[C@@H](OC(=O)c4ccccc4)[C@H](OC(=O)c4ccccc4)[C@H]3OC(=O)c3ccccc3)[C@@H](C(=O)c3ccccc3)[C@@H](C(=O)c3ccccc3)[C@H]2C(=O)c2ccccc2)cc1. The van der Waals surface area contributed by atoms with Gasteiger partial charge in [0, 0.05) is 16.7 Å². The fourth-order valence-electron chi connectivity index (χ4n) is 10.3. The quantitative estimate of drug-likeness (QED) is 0.0400. The van der Waals surface area contributed by atoms with Crippen LogP contribution in [-0.2, 0) is 44.5 Å². The number of nitriles is 1. The highest BCUT2D eigenvalue weighted by Gasteiger charge is 2.63. The summed E-state index contributed by atoms with van der Waals surface area (Å²) >= 11 is 0. The van der Waals surface area contributed by atoms with Crippen molar-refractivity contribution in [3.63, 3.8) is 0 Å². The summed E-state index contributed by atoms with van der Waals surface area (Å²) in [6.45, 7) is -2.23. The molecule has 0 unspecified atom stereocenters. The van der Waals surface area contributed by atoms with E-state index in [2.05, 4.69) is 6.07 Å². The summed E-state index contributed by atoms with van der Waals surface area (Å²) in [7, 11) is 0. The van der Waals surface area contributed by atoms with E-state index in [0.717, 1.165) is 0 Å². The molecular weight excluding hydrogens is 1100 g/mol. The molecule has 0 aliphatic carbocycles. The van der Waals surface area contributed by atoms with Gasteiger partial charge in [-0.25, -0.2) is 19.2 Å². The maximum absolute atomic E-state index is 15.6. The number of nitrogens with zero attached hydrogens (tertiary/aromatic N) is 1. The van der Waals surface area contributed by atoms with E-state index in [1.807, 2.05) is 0 Å². The van der Waals surface area contributed by atoms with Crippen LogP contribution in [0.2, 0.25) is 0 Å². The standard InChI is InChI=1S/C69H55NO16/c70-40-44-36-38-45(39-37-44)41-80-67-55(58(72)47-24-10-2-11-25-47)54(57(71)46-22-8-1-9-23-46)56(59(73)48-26-12-3-13-27-48)69(78,86-67)43-81-68-62(85-66(77)52-34-20-7-21-35-52)61(84-65(76)51-32-18-6-19-33-51)60(83-64(75)50-30-16-5-17-31-50)53(82-68)42-79-63(74)49-28-14-4-15-29-49/h1-39,53-56,60-62,67-68,78H,41-43H2/t53-,54+,55+,56-,60-,61+,62-,67-,68-,69+/m1/s1. The van der Waals surface area contributed by atoms with Gasteiger partial charge in [0.05, 0.1) is 58.2 Å². The summed E-state index contributed by atoms with van der Waals surface area (Å²) in [5.41, 5.74) is 1.17. The molecule has 8 aromatic rings. The second-order valence-electron chi connectivity index (χ2n) is 20.2. The molecule has 0 bridgehead atoms. The molecule has 10 atom stereocenters. The van der Waals surface area contributed by atoms with Crippen LogP contribution in [0.3, 0.4) is 0 Å². The number of ether oxygens (including phenoxy) is 8. The van der Waals surface area contributed by atoms with Crippen molar-refractivity contribution in [1.82, 2.24) is 0 Å². The molecule has 2 heterocycles. The summed E-state index contributed by atoms with van der Waals surface area (Å²) < 4.78 is 51.0. The monoisotopic (exact) mass is 1150 g/mol. The van der Waals surface area contributed by atoms with Crippen LogP contribution in [0.25, 0.3) is 0 Å². The molecule has 0 saturated carbocycles. The molecule has 0 aromatic heterocycles. The van der Waals surface area contributed by atoms with Crippen LogP contribution in [0.4, 0.5) is 0 Å². The third kappa shape index (κ3) is 13.8. The summed E-state index contributed by atoms with van der Waals surface area (Å²) in [5, 5.41) is 23.3. The smallest absolute Gasteiger partial charge is 0.338 e. The summed E-state index contributed by atoms with van der Waals surface area (Å²) in [6.07, 6.45) is -11.2. The first-order valence-corrected chi connectivity index (χ1v) is 27.4. The predicted octanol–water partition coefficient (Wildman–Crippen LogP) is 9.89. The van der Waals surface area contributed by atoms with E-state index in [1.165, 1.54) is 84.9 Å². The minimum atomic E-state index is -3.02. The van der Waals surface area contributed by atoms with E-state index in [0.29, 0.717) is 11.1 Å². The molecule has 0 spiro atoms. The second-order valence-corrected chi connectivity index (χ2v) is 20.2. The Labute approximate surface area is 494 Å². The van der Waals surface area contributed by atoms with Gasteiger partial charge in [-0.05, 0) is 66.2 Å². The Morgan fingerprint density at radius 1 is 0.430 bits per heavy atom. The maximum atomic E-state index is 15.6. The Morgan fingerprint density at radius 2 is 0.814 bits per heavy atom. The molecule has 2 aliphatic heterocycles. The van der Waals surface area contributed by atoms with Crippen LogP contribution in [0.1, 0.15) is 83.6 Å². The molecule has 432 valence electrons. The molecule has 86 heavy (non-hydrogen) atoms. The summed E-state index contributed by atoms with van der Waals surface area (Å²) in [5.74, 6) is -14.7. The van der Waals surface area contributed by atoms with Gasteiger partial charge in [0.2, 0.25) is 5.79 Å². The highest BCUT2D eigenvalue weighted by atomic mass is 16.8. The molecule has 8 aromatic carbocycles. The number of esters is 4. The van der Waals surface area contributed by atoms with Crippen molar-refractivity contribution in [2.45, 2.75) is 49.4 Å². The molecular formula is C69H55NO16. The normalized spacial score (nSPS) is 22.4. The number of aliphatic hydroxyl groups is 1. The average molecular weight is 1150 g/mol. The minimum absolute atomic E-state index is 0.00228. The fraction of sp³-hybridized carbons (Fsp3) is 0.188. The lowest BCUT2D eigenvalue weighted by Gasteiger charge is -2.50. The highest BCUT2D eigenvalue weighted by Crippen LogP contribution is 2.47. The lowest BCUT2D eigenvalue weighted by Crippen LogP contribution is -2.66. The number of Topliss-reactive ketones (excluding diaryl/α,β-unsaturated/α-hetero) is 3. The van der Waals surface area contributed by atoms with Gasteiger partial charge in [0.15, 0.2) is 48.2 Å². The highest BCUT2D eigenvalue weighted by molar-refractivity contribution is 6.09. The van der Waals surface area contributed by atoms with Gasteiger partial charge < -0.3 is 43.0 Å². The van der Waals surface area contributed by atoms with Crippen molar-refractivity contribution in [3.8, 4) is 6.07 Å². The fourth-order valence-corrected chi connectivity index (χ4v) is 10.3. The van der Waals surface area contributed by atoms with Gasteiger partial charge >= 0.3 is 23.9 Å². The first-order chi connectivity index (χ1) is 41.9. The number of benzene rings is 8. The Balaban J connectivity index is 1.12. The zero-order valence-corrected chi connectivity index (χ0v) is 45.9. The number of rotatable bonds is 21. The number of ketones is 3. The van der Waals surface area contributed by atoms with Crippen molar-refractivity contribution in [3.05, 3.63) is 287 Å². The van der Waals surface area contributed by atoms with Crippen molar-refractivity contribution in [2.75, 3.05) is 13.2 Å². The second kappa shape index (κ2) is 27.6. The molecule has 10 rings (SSSR count). The van der Waals surface area contributed by atoms with Crippen molar-refractivity contribution < 1.29 is 76.6 Å². The molecule has 0 radical (unpaired) electrons. The molecule has 2 aliphatic rings. The summed E-state index contributed by atoms with van der Waals surface area (Å²) in [4.78, 5) is 104. The first kappa shape index (κ1) is 59.1. The average Bonchev–Trinajstić information content (AvgIpc) is 1.47. The van der Waals surface area contributed by atoms with Gasteiger partial charge in [-0.1, -0.05) is 176 Å². The van der Waals surface area contributed by atoms with Crippen LogP contribution in [0.15, 0.2) is 237 Å². The number of carbonyl (C=O) groups excluding carboxylic acids is 7. The Bertz CT molecular complexity index is 3680. The van der Waals surface area contributed by atoms with E-state index in [4.69, 9.17) is 37.9 Å². The maximum Gasteiger partial charge on any atom is 0.338 e. The van der Waals surface area contributed by atoms with Gasteiger partial charge in [0.25, 0.3) is 0 Å². The molecule has 17 nitrogen and oxygen atoms in total. The molecule has 17 heteroatoms. The Morgan fingerprint density at radius 3 is 1.26 bits per heavy atom.